The topological polar surface area (TPSA) is 480 Å². The zero-order valence-corrected chi connectivity index (χ0v) is 42.7. The lowest BCUT2D eigenvalue weighted by atomic mass is 9.95. The normalized spacial score (nSPS) is 15.5. The van der Waals surface area contributed by atoms with E-state index in [1.165, 1.54) is 20.8 Å². The number of nitrogens with one attached hydrogen (secondary N) is 8. The molecule has 0 bridgehead atoms. The van der Waals surface area contributed by atoms with Crippen LogP contribution >= 0.6 is 0 Å². The van der Waals surface area contributed by atoms with Gasteiger partial charge in [0.05, 0.1) is 19.1 Å². The first-order valence-corrected chi connectivity index (χ1v) is 24.3. The van der Waals surface area contributed by atoms with E-state index in [0.717, 1.165) is 0 Å². The number of carboxylic acid groups (broad SMARTS) is 3. The third-order valence-corrected chi connectivity index (χ3v) is 11.8. The van der Waals surface area contributed by atoms with Crippen molar-refractivity contribution in [3.63, 3.8) is 0 Å². The summed E-state index contributed by atoms with van der Waals surface area (Å²) in [5, 5.41) is 67.4. The van der Waals surface area contributed by atoms with Gasteiger partial charge in [-0.2, -0.15) is 0 Å². The fraction of sp³-hybridized carbons (Fsp3) is 0.617. The largest absolute Gasteiger partial charge is 0.481 e. The van der Waals surface area contributed by atoms with Crippen molar-refractivity contribution in [2.45, 2.75) is 159 Å². The first-order chi connectivity index (χ1) is 35.2. The van der Waals surface area contributed by atoms with Crippen LogP contribution in [0.15, 0.2) is 30.3 Å². The number of aliphatic hydroxyl groups is 2. The van der Waals surface area contributed by atoms with Crippen LogP contribution in [-0.4, -0.2) is 170 Å². The van der Waals surface area contributed by atoms with E-state index < -0.39 is 182 Å². The molecule has 0 spiro atoms. The van der Waals surface area contributed by atoms with Crippen LogP contribution in [0.4, 0.5) is 0 Å². The molecule has 9 amide bonds. The SMILES string of the molecule is CC[C@H](C)[C@H](NC(=O)[C@H](CCC(=O)O)NC(=O)[C@H](CCCCN)NC(=O)[C@H](CC(N)=O)NC(=O)[C@@H](N)[C@@H](C)O)C(=O)N[C@H](C(=O)N[C@@H](CCC(=O)O)C(=O)N[C@@H](CO)C(=O)N[C@@H](Cc1ccccc1)C(=O)O)C(C)C. The number of carbonyl (C=O) groups excluding carboxylic acids is 9. The highest BCUT2D eigenvalue weighted by molar-refractivity contribution is 5.99. The standard InChI is InChI=1S/C47H75N11O17/c1-6-24(4)38(58-41(68)29(16-18-35(64)65)52-39(66)27(14-10-11-19-48)51-42(69)30(21-33(49)61)54-44(71)36(50)25(5)60)46(73)57-37(23(2)3)45(72)53-28(15-17-34(62)63)40(67)56-32(22-59)43(70)55-31(47(74)75)20-26-12-8-7-9-13-26/h7-9,12-13,23-25,27-32,36-38,59-60H,6,10-11,14-22,48,50H2,1-5H3,(H2,49,61)(H,51,69)(H,52,66)(H,53,72)(H,54,71)(H,55,70)(H,56,67)(H,57,73)(H,58,68)(H,62,63)(H,64,65)(H,74,75)/t24-,25+,27-,28-,29-,30-,31-,32-,36-,37-,38-/m0/s1. The number of hydrogen-bond acceptors (Lipinski definition) is 16. The number of amides is 9. The number of benzene rings is 1. The molecule has 28 nitrogen and oxygen atoms in total. The predicted molar refractivity (Wildman–Crippen MR) is 265 cm³/mol. The van der Waals surface area contributed by atoms with Gasteiger partial charge in [0.2, 0.25) is 53.2 Å². The molecule has 0 aliphatic carbocycles. The molecular weight excluding hydrogens is 991 g/mol. The molecule has 0 heterocycles. The third-order valence-electron chi connectivity index (χ3n) is 11.8. The second-order valence-electron chi connectivity index (χ2n) is 18.3. The van der Waals surface area contributed by atoms with Crippen LogP contribution < -0.4 is 59.7 Å². The smallest absolute Gasteiger partial charge is 0.326 e. The molecule has 0 aliphatic heterocycles. The van der Waals surface area contributed by atoms with Gasteiger partial charge in [-0.15, -0.1) is 0 Å². The minimum Gasteiger partial charge on any atom is -0.481 e. The van der Waals surface area contributed by atoms with Crippen molar-refractivity contribution in [2.75, 3.05) is 13.2 Å². The van der Waals surface area contributed by atoms with Crippen LogP contribution in [0.3, 0.4) is 0 Å². The summed E-state index contributed by atoms with van der Waals surface area (Å²) in [5.74, 6) is -15.2. The maximum Gasteiger partial charge on any atom is 0.326 e. The Morgan fingerprint density at radius 3 is 1.43 bits per heavy atom. The Kier molecular flexibility index (Phi) is 29.4. The third kappa shape index (κ3) is 24.1. The molecule has 1 aromatic rings. The Labute approximate surface area is 433 Å². The highest BCUT2D eigenvalue weighted by Gasteiger charge is 2.37. The molecule has 11 atom stereocenters. The first kappa shape index (κ1) is 65.7. The van der Waals surface area contributed by atoms with Crippen LogP contribution in [-0.2, 0) is 64.0 Å². The Hall–Kier alpha value is -7.30. The van der Waals surface area contributed by atoms with E-state index in [1.54, 1.807) is 44.2 Å². The van der Waals surface area contributed by atoms with E-state index in [4.69, 9.17) is 17.2 Å². The van der Waals surface area contributed by atoms with E-state index >= 15 is 0 Å². The lowest BCUT2D eigenvalue weighted by molar-refractivity contribution is -0.142. The van der Waals surface area contributed by atoms with Crippen molar-refractivity contribution >= 4 is 71.1 Å². The number of hydrogen-bond donors (Lipinski definition) is 16. The van der Waals surface area contributed by atoms with Crippen molar-refractivity contribution in [1.29, 1.82) is 0 Å². The zero-order chi connectivity index (χ0) is 57.1. The summed E-state index contributed by atoms with van der Waals surface area (Å²) in [6.07, 6.45) is -4.12. The number of unbranched alkanes of at least 4 members (excludes halogenated alkanes) is 1. The van der Waals surface area contributed by atoms with Gasteiger partial charge in [-0.05, 0) is 63.0 Å². The number of primary amides is 1. The molecule has 0 saturated heterocycles. The van der Waals surface area contributed by atoms with Crippen LogP contribution in [0.5, 0.6) is 0 Å². The van der Waals surface area contributed by atoms with Gasteiger partial charge in [0, 0.05) is 19.3 Å². The van der Waals surface area contributed by atoms with Gasteiger partial charge < -0.3 is 85.3 Å². The lowest BCUT2D eigenvalue weighted by Crippen LogP contribution is -2.62. The van der Waals surface area contributed by atoms with E-state index in [9.17, 15) is 83.1 Å². The first-order valence-electron chi connectivity index (χ1n) is 24.3. The van der Waals surface area contributed by atoms with E-state index in [-0.39, 0.29) is 32.2 Å². The summed E-state index contributed by atoms with van der Waals surface area (Å²) in [7, 11) is 0. The van der Waals surface area contributed by atoms with Crippen molar-refractivity contribution in [3.8, 4) is 0 Å². The lowest BCUT2D eigenvalue weighted by Gasteiger charge is -2.30. The van der Waals surface area contributed by atoms with Crippen LogP contribution in [0, 0.1) is 11.8 Å². The molecule has 19 N–H and O–H groups in total. The molecule has 0 fully saturated rings. The van der Waals surface area contributed by atoms with Gasteiger partial charge in [0.15, 0.2) is 0 Å². The number of rotatable bonds is 36. The average molecular weight is 1070 g/mol. The second-order valence-corrected chi connectivity index (χ2v) is 18.3. The molecule has 28 heteroatoms. The summed E-state index contributed by atoms with van der Waals surface area (Å²) in [4.78, 5) is 156. The monoisotopic (exact) mass is 1070 g/mol. The average Bonchev–Trinajstić information content (AvgIpc) is 3.34. The number of nitrogens with two attached hydrogens (primary N) is 3. The molecule has 0 aliphatic rings. The highest BCUT2D eigenvalue weighted by Crippen LogP contribution is 2.14. The molecule has 1 rings (SSSR count). The minimum atomic E-state index is -1.77. The Morgan fingerprint density at radius 1 is 0.547 bits per heavy atom. The summed E-state index contributed by atoms with van der Waals surface area (Å²) in [6.45, 7) is 6.54. The van der Waals surface area contributed by atoms with Crippen molar-refractivity contribution in [1.82, 2.24) is 42.5 Å². The van der Waals surface area contributed by atoms with Gasteiger partial charge in [-0.25, -0.2) is 4.79 Å². The molecule has 1 aromatic carbocycles. The minimum absolute atomic E-state index is 0.123. The number of aliphatic hydroxyl groups excluding tert-OH is 2. The zero-order valence-electron chi connectivity index (χ0n) is 42.7. The van der Waals surface area contributed by atoms with Gasteiger partial charge in [0.25, 0.3) is 0 Å². The number of carbonyl (C=O) groups is 12. The van der Waals surface area contributed by atoms with Crippen LogP contribution in [0.2, 0.25) is 0 Å². The van der Waals surface area contributed by atoms with Gasteiger partial charge in [0.1, 0.15) is 54.4 Å². The van der Waals surface area contributed by atoms with Gasteiger partial charge in [-0.3, -0.25) is 52.7 Å². The van der Waals surface area contributed by atoms with E-state index in [1.807, 2.05) is 0 Å². The van der Waals surface area contributed by atoms with Gasteiger partial charge in [-0.1, -0.05) is 64.4 Å². The van der Waals surface area contributed by atoms with Crippen molar-refractivity contribution in [2.24, 2.45) is 29.0 Å². The van der Waals surface area contributed by atoms with Crippen LogP contribution in [0.25, 0.3) is 0 Å². The molecule has 0 aromatic heterocycles. The maximum atomic E-state index is 14.1. The van der Waals surface area contributed by atoms with E-state index in [2.05, 4.69) is 42.5 Å². The Balaban J connectivity index is 3.45. The van der Waals surface area contributed by atoms with Gasteiger partial charge >= 0.3 is 17.9 Å². The fourth-order valence-electron chi connectivity index (χ4n) is 7.06. The fourth-order valence-corrected chi connectivity index (χ4v) is 7.06. The van der Waals surface area contributed by atoms with Crippen molar-refractivity contribution in [3.05, 3.63) is 35.9 Å². The summed E-state index contributed by atoms with van der Waals surface area (Å²) in [6, 6.07) is -6.11. The summed E-state index contributed by atoms with van der Waals surface area (Å²) < 4.78 is 0. The second kappa shape index (κ2) is 33.5. The Bertz CT molecular complexity index is 2130. The molecular formula is C47H75N11O17. The molecule has 0 unspecified atom stereocenters. The number of carboxylic acids is 3. The molecule has 75 heavy (non-hydrogen) atoms. The summed E-state index contributed by atoms with van der Waals surface area (Å²) >= 11 is 0. The summed E-state index contributed by atoms with van der Waals surface area (Å²) in [5.41, 5.74) is 17.1. The molecule has 0 radical (unpaired) electrons. The highest BCUT2D eigenvalue weighted by atomic mass is 16.4. The quantitative estimate of drug-likeness (QED) is 0.0281. The molecule has 0 saturated carbocycles. The number of aliphatic carboxylic acids is 3. The van der Waals surface area contributed by atoms with E-state index in [0.29, 0.717) is 12.0 Å². The molecule has 420 valence electrons. The Morgan fingerprint density at radius 2 is 0.973 bits per heavy atom. The van der Waals surface area contributed by atoms with Crippen molar-refractivity contribution < 1.29 is 83.1 Å². The maximum absolute atomic E-state index is 14.1. The predicted octanol–water partition coefficient (Wildman–Crippen LogP) is -4.67. The van der Waals surface area contributed by atoms with Crippen LogP contribution in [0.1, 0.15) is 98.0 Å².